The van der Waals surface area contributed by atoms with E-state index in [0.29, 0.717) is 5.69 Å². The third-order valence-electron chi connectivity index (χ3n) is 2.34. The highest BCUT2D eigenvalue weighted by atomic mass is 79.9. The van der Waals surface area contributed by atoms with Crippen LogP contribution in [0.5, 0.6) is 0 Å². The fourth-order valence-electron chi connectivity index (χ4n) is 1.64. The molecule has 0 aliphatic heterocycles. The summed E-state index contributed by atoms with van der Waals surface area (Å²) >= 11 is 3.39. The number of benzene rings is 1. The minimum absolute atomic E-state index is 0.00914. The first kappa shape index (κ1) is 15.7. The van der Waals surface area contributed by atoms with Gasteiger partial charge in [-0.25, -0.2) is 0 Å². The van der Waals surface area contributed by atoms with Crippen molar-refractivity contribution in [2.45, 2.75) is 33.2 Å². The molecule has 1 N–H and O–H groups in total. The quantitative estimate of drug-likeness (QED) is 0.928. The molecule has 0 bridgehead atoms. The molecule has 104 valence electrons. The summed E-state index contributed by atoms with van der Waals surface area (Å²) < 4.78 is 0.786. The molecule has 0 spiro atoms. The Labute approximate surface area is 122 Å². The molecule has 0 unspecified atom stereocenters. The number of anilines is 1. The zero-order valence-electron chi connectivity index (χ0n) is 11.7. The molecule has 0 saturated heterocycles. The molecule has 2 amide bonds. The van der Waals surface area contributed by atoms with Crippen molar-refractivity contribution in [1.29, 1.82) is 0 Å². The number of rotatable bonds is 3. The number of carbonyl (C=O) groups excluding carboxylic acids is 2. The van der Waals surface area contributed by atoms with Crippen molar-refractivity contribution in [3.05, 3.63) is 28.7 Å². The van der Waals surface area contributed by atoms with Crippen LogP contribution in [-0.4, -0.2) is 23.9 Å². The Bertz CT molecular complexity index is 481. The Morgan fingerprint density at radius 2 is 1.84 bits per heavy atom. The Morgan fingerprint density at radius 1 is 1.26 bits per heavy atom. The van der Waals surface area contributed by atoms with Crippen molar-refractivity contribution in [3.63, 3.8) is 0 Å². The van der Waals surface area contributed by atoms with Gasteiger partial charge in [-0.1, -0.05) is 12.1 Å². The molecule has 0 atom stereocenters. The SMILES string of the molecule is CC(=O)N(CC(=O)NC(C)(C)C)c1ccccc1Br. The highest BCUT2D eigenvalue weighted by molar-refractivity contribution is 9.10. The van der Waals surface area contributed by atoms with Crippen LogP contribution in [0.4, 0.5) is 5.69 Å². The maximum atomic E-state index is 11.9. The van der Waals surface area contributed by atoms with Crippen LogP contribution in [0.2, 0.25) is 0 Å². The van der Waals surface area contributed by atoms with Crippen LogP contribution in [0, 0.1) is 0 Å². The number of hydrogen-bond donors (Lipinski definition) is 1. The Morgan fingerprint density at radius 3 is 2.32 bits per heavy atom. The Balaban J connectivity index is 2.89. The average molecular weight is 327 g/mol. The first-order valence-electron chi connectivity index (χ1n) is 6.04. The maximum Gasteiger partial charge on any atom is 0.240 e. The van der Waals surface area contributed by atoms with E-state index in [4.69, 9.17) is 0 Å². The van der Waals surface area contributed by atoms with Crippen LogP contribution >= 0.6 is 15.9 Å². The number of amides is 2. The van der Waals surface area contributed by atoms with Crippen molar-refractivity contribution in [2.75, 3.05) is 11.4 Å². The molecule has 0 aliphatic carbocycles. The number of para-hydroxylation sites is 1. The lowest BCUT2D eigenvalue weighted by Crippen LogP contribution is -2.47. The minimum atomic E-state index is -0.312. The second-order valence-electron chi connectivity index (χ2n) is 5.35. The van der Waals surface area contributed by atoms with Crippen LogP contribution < -0.4 is 10.2 Å². The van der Waals surface area contributed by atoms with E-state index < -0.39 is 0 Å². The third-order valence-corrected chi connectivity index (χ3v) is 3.01. The monoisotopic (exact) mass is 326 g/mol. The van der Waals surface area contributed by atoms with Crippen LogP contribution in [0.1, 0.15) is 27.7 Å². The summed E-state index contributed by atoms with van der Waals surface area (Å²) in [7, 11) is 0. The molecule has 0 radical (unpaired) electrons. The summed E-state index contributed by atoms with van der Waals surface area (Å²) in [6, 6.07) is 7.33. The normalized spacial score (nSPS) is 11.0. The van der Waals surface area contributed by atoms with Gasteiger partial charge in [0.15, 0.2) is 0 Å². The van der Waals surface area contributed by atoms with Gasteiger partial charge >= 0.3 is 0 Å². The van der Waals surface area contributed by atoms with E-state index in [1.807, 2.05) is 39.0 Å². The number of nitrogens with zero attached hydrogens (tertiary/aromatic N) is 1. The molecule has 0 aromatic heterocycles. The molecule has 0 heterocycles. The smallest absolute Gasteiger partial charge is 0.240 e. The van der Waals surface area contributed by atoms with Crippen LogP contribution in [0.25, 0.3) is 0 Å². The van der Waals surface area contributed by atoms with Gasteiger partial charge in [0.2, 0.25) is 11.8 Å². The van der Waals surface area contributed by atoms with Crippen molar-refractivity contribution >= 4 is 33.4 Å². The summed E-state index contributed by atoms with van der Waals surface area (Å²) in [4.78, 5) is 25.1. The van der Waals surface area contributed by atoms with E-state index in [2.05, 4.69) is 21.2 Å². The van der Waals surface area contributed by atoms with Crippen LogP contribution in [-0.2, 0) is 9.59 Å². The van der Waals surface area contributed by atoms with Crippen molar-refractivity contribution < 1.29 is 9.59 Å². The summed E-state index contributed by atoms with van der Waals surface area (Å²) in [6.07, 6.45) is 0. The molecule has 1 aromatic carbocycles. The predicted molar refractivity (Wildman–Crippen MR) is 80.1 cm³/mol. The average Bonchev–Trinajstić information content (AvgIpc) is 2.24. The summed E-state index contributed by atoms with van der Waals surface area (Å²) in [6.45, 7) is 7.17. The number of nitrogens with one attached hydrogen (secondary N) is 1. The molecule has 0 fully saturated rings. The first-order chi connectivity index (χ1) is 8.70. The van der Waals surface area contributed by atoms with Crippen LogP contribution in [0.3, 0.4) is 0 Å². The molecular weight excluding hydrogens is 308 g/mol. The van der Waals surface area contributed by atoms with Crippen molar-refractivity contribution in [3.8, 4) is 0 Å². The Kier molecular flexibility index (Phi) is 5.11. The van der Waals surface area contributed by atoms with Crippen molar-refractivity contribution in [1.82, 2.24) is 5.32 Å². The van der Waals surface area contributed by atoms with Gasteiger partial charge in [0.05, 0.1) is 5.69 Å². The van der Waals surface area contributed by atoms with Gasteiger partial charge in [-0.05, 0) is 48.8 Å². The fraction of sp³-hybridized carbons (Fsp3) is 0.429. The molecule has 0 aliphatic rings. The molecule has 1 rings (SSSR count). The largest absolute Gasteiger partial charge is 0.350 e. The van der Waals surface area contributed by atoms with E-state index in [-0.39, 0.29) is 23.9 Å². The van der Waals surface area contributed by atoms with Gasteiger partial charge in [-0.2, -0.15) is 0 Å². The van der Waals surface area contributed by atoms with E-state index >= 15 is 0 Å². The molecule has 19 heavy (non-hydrogen) atoms. The van der Waals surface area contributed by atoms with Gasteiger partial charge < -0.3 is 10.2 Å². The minimum Gasteiger partial charge on any atom is -0.350 e. The van der Waals surface area contributed by atoms with E-state index in [0.717, 1.165) is 4.47 Å². The summed E-state index contributed by atoms with van der Waals surface area (Å²) in [5.74, 6) is -0.352. The highest BCUT2D eigenvalue weighted by Crippen LogP contribution is 2.25. The summed E-state index contributed by atoms with van der Waals surface area (Å²) in [5, 5.41) is 2.85. The highest BCUT2D eigenvalue weighted by Gasteiger charge is 2.20. The zero-order chi connectivity index (χ0) is 14.6. The zero-order valence-corrected chi connectivity index (χ0v) is 13.2. The number of halogens is 1. The second kappa shape index (κ2) is 6.19. The predicted octanol–water partition coefficient (Wildman–Crippen LogP) is 2.72. The van der Waals surface area contributed by atoms with Gasteiger partial charge in [0, 0.05) is 16.9 Å². The van der Waals surface area contributed by atoms with E-state index in [1.165, 1.54) is 11.8 Å². The second-order valence-corrected chi connectivity index (χ2v) is 6.21. The number of carbonyl (C=O) groups is 2. The van der Waals surface area contributed by atoms with E-state index in [1.54, 1.807) is 6.07 Å². The molecule has 1 aromatic rings. The Hall–Kier alpha value is -1.36. The molecule has 5 heteroatoms. The topological polar surface area (TPSA) is 49.4 Å². The standard InChI is InChI=1S/C14H19BrN2O2/c1-10(18)17(9-13(19)16-14(2,3)4)12-8-6-5-7-11(12)15/h5-8H,9H2,1-4H3,(H,16,19). The lowest BCUT2D eigenvalue weighted by molar-refractivity contribution is -0.124. The van der Waals surface area contributed by atoms with E-state index in [9.17, 15) is 9.59 Å². The fourth-order valence-corrected chi connectivity index (χ4v) is 2.14. The van der Waals surface area contributed by atoms with Gasteiger partial charge in [0.1, 0.15) is 6.54 Å². The number of hydrogen-bond acceptors (Lipinski definition) is 2. The van der Waals surface area contributed by atoms with Crippen LogP contribution in [0.15, 0.2) is 28.7 Å². The van der Waals surface area contributed by atoms with Gasteiger partial charge in [0.25, 0.3) is 0 Å². The van der Waals surface area contributed by atoms with Gasteiger partial charge in [-0.3, -0.25) is 9.59 Å². The molecular formula is C14H19BrN2O2. The first-order valence-corrected chi connectivity index (χ1v) is 6.83. The maximum absolute atomic E-state index is 11.9. The summed E-state index contributed by atoms with van der Waals surface area (Å²) in [5.41, 5.74) is 0.382. The van der Waals surface area contributed by atoms with Gasteiger partial charge in [-0.15, -0.1) is 0 Å². The lowest BCUT2D eigenvalue weighted by Gasteiger charge is -2.25. The third kappa shape index (κ3) is 5.03. The molecule has 0 saturated carbocycles. The lowest BCUT2D eigenvalue weighted by atomic mass is 10.1. The molecule has 4 nitrogen and oxygen atoms in total. The van der Waals surface area contributed by atoms with Crippen molar-refractivity contribution in [2.24, 2.45) is 0 Å².